The highest BCUT2D eigenvalue weighted by Crippen LogP contribution is 2.38. The van der Waals surface area contributed by atoms with E-state index in [1.807, 2.05) is 0 Å². The van der Waals surface area contributed by atoms with Gasteiger partial charge in [0.15, 0.2) is 0 Å². The largest absolute Gasteiger partial charge is 0.349 e. The number of nitrogens with two attached hydrogens (primary N) is 2. The van der Waals surface area contributed by atoms with Crippen LogP contribution in [0.2, 0.25) is 0 Å². The van der Waals surface area contributed by atoms with Crippen LogP contribution in [0.4, 0.5) is 0 Å². The topological polar surface area (TPSA) is 89.0 Å². The molecule has 0 saturated carbocycles. The molecule has 1 fully saturated rings. The maximum atomic E-state index is 5.81. The quantitative estimate of drug-likeness (QED) is 0.676. The highest BCUT2D eigenvalue weighted by Gasteiger charge is 2.55. The summed E-state index contributed by atoms with van der Waals surface area (Å²) in [6.45, 7) is 4.15. The zero-order chi connectivity index (χ0) is 12.4. The zero-order valence-electron chi connectivity index (χ0n) is 10.4. The third-order valence-electron chi connectivity index (χ3n) is 3.24. The molecule has 1 saturated heterocycles. The number of rotatable bonds is 4. The SMILES string of the molecule is COC1(C)OC(CN)C(CN)OC1(C)OC. The van der Waals surface area contributed by atoms with E-state index < -0.39 is 11.6 Å². The smallest absolute Gasteiger partial charge is 0.220 e. The molecule has 16 heavy (non-hydrogen) atoms. The van der Waals surface area contributed by atoms with E-state index in [4.69, 9.17) is 30.4 Å². The third-order valence-corrected chi connectivity index (χ3v) is 3.24. The Hall–Kier alpha value is -0.240. The van der Waals surface area contributed by atoms with Crippen LogP contribution in [0, 0.1) is 0 Å². The second-order valence-electron chi connectivity index (χ2n) is 4.08. The summed E-state index contributed by atoms with van der Waals surface area (Å²) in [6, 6.07) is 0. The van der Waals surface area contributed by atoms with Gasteiger partial charge in [-0.15, -0.1) is 0 Å². The second kappa shape index (κ2) is 4.95. The van der Waals surface area contributed by atoms with E-state index in [-0.39, 0.29) is 12.2 Å². The van der Waals surface area contributed by atoms with Gasteiger partial charge in [0, 0.05) is 27.3 Å². The van der Waals surface area contributed by atoms with Crippen molar-refractivity contribution in [2.24, 2.45) is 11.5 Å². The van der Waals surface area contributed by atoms with E-state index in [9.17, 15) is 0 Å². The van der Waals surface area contributed by atoms with E-state index in [2.05, 4.69) is 0 Å². The minimum Gasteiger partial charge on any atom is -0.349 e. The maximum Gasteiger partial charge on any atom is 0.220 e. The van der Waals surface area contributed by atoms with Crippen molar-refractivity contribution in [2.75, 3.05) is 27.3 Å². The third kappa shape index (κ3) is 2.09. The summed E-state index contributed by atoms with van der Waals surface area (Å²) in [5.74, 6) is -2.01. The molecule has 4 atom stereocenters. The molecule has 6 heteroatoms. The number of ether oxygens (including phenoxy) is 4. The van der Waals surface area contributed by atoms with Gasteiger partial charge in [-0.3, -0.25) is 0 Å². The Morgan fingerprint density at radius 2 is 1.25 bits per heavy atom. The summed E-state index contributed by atoms with van der Waals surface area (Å²) in [7, 11) is 3.08. The summed E-state index contributed by atoms with van der Waals surface area (Å²) in [4.78, 5) is 0. The van der Waals surface area contributed by atoms with Gasteiger partial charge in [0.25, 0.3) is 0 Å². The maximum absolute atomic E-state index is 5.81. The zero-order valence-corrected chi connectivity index (χ0v) is 10.4. The molecule has 0 spiro atoms. The van der Waals surface area contributed by atoms with Crippen molar-refractivity contribution in [3.05, 3.63) is 0 Å². The van der Waals surface area contributed by atoms with E-state index in [0.29, 0.717) is 13.1 Å². The van der Waals surface area contributed by atoms with E-state index in [1.54, 1.807) is 13.8 Å². The average Bonchev–Trinajstić information content (AvgIpc) is 2.31. The second-order valence-corrected chi connectivity index (χ2v) is 4.08. The number of methoxy groups -OCH3 is 2. The van der Waals surface area contributed by atoms with Crippen LogP contribution in [0.5, 0.6) is 0 Å². The standard InChI is InChI=1S/C10H22N2O4/c1-9(13-3)10(2,14-4)16-8(6-12)7(5-11)15-9/h7-8H,5-6,11-12H2,1-4H3. The summed E-state index contributed by atoms with van der Waals surface area (Å²) in [5.41, 5.74) is 11.2. The molecule has 0 bridgehead atoms. The fourth-order valence-corrected chi connectivity index (χ4v) is 1.81. The molecule has 0 aromatic heterocycles. The molecule has 1 aliphatic heterocycles. The molecule has 1 aliphatic rings. The molecular weight excluding hydrogens is 212 g/mol. The Morgan fingerprint density at radius 3 is 1.44 bits per heavy atom. The normalized spacial score (nSPS) is 44.6. The fourth-order valence-electron chi connectivity index (χ4n) is 1.81. The molecule has 4 unspecified atom stereocenters. The summed E-state index contributed by atoms with van der Waals surface area (Å²) < 4.78 is 22.3. The van der Waals surface area contributed by atoms with Crippen molar-refractivity contribution < 1.29 is 18.9 Å². The van der Waals surface area contributed by atoms with Crippen molar-refractivity contribution in [1.29, 1.82) is 0 Å². The van der Waals surface area contributed by atoms with Crippen LogP contribution in [0.3, 0.4) is 0 Å². The first-order chi connectivity index (χ1) is 7.46. The first-order valence-corrected chi connectivity index (χ1v) is 5.32. The van der Waals surface area contributed by atoms with Crippen LogP contribution in [0.1, 0.15) is 13.8 Å². The monoisotopic (exact) mass is 234 g/mol. The average molecular weight is 234 g/mol. The predicted molar refractivity (Wildman–Crippen MR) is 58.7 cm³/mol. The highest BCUT2D eigenvalue weighted by molar-refractivity contribution is 4.91. The predicted octanol–water partition coefficient (Wildman–Crippen LogP) is -0.587. The van der Waals surface area contributed by atoms with Gasteiger partial charge in [0.2, 0.25) is 11.6 Å². The van der Waals surface area contributed by atoms with Gasteiger partial charge in [-0.2, -0.15) is 0 Å². The lowest BCUT2D eigenvalue weighted by Gasteiger charge is -2.51. The van der Waals surface area contributed by atoms with Crippen molar-refractivity contribution >= 4 is 0 Å². The van der Waals surface area contributed by atoms with Crippen molar-refractivity contribution in [1.82, 2.24) is 0 Å². The lowest BCUT2D eigenvalue weighted by Crippen LogP contribution is -2.67. The molecule has 4 N–H and O–H groups in total. The summed E-state index contributed by atoms with van der Waals surface area (Å²) in [5, 5.41) is 0. The van der Waals surface area contributed by atoms with E-state index >= 15 is 0 Å². The van der Waals surface area contributed by atoms with Crippen LogP contribution in [-0.2, 0) is 18.9 Å². The van der Waals surface area contributed by atoms with Gasteiger partial charge >= 0.3 is 0 Å². The van der Waals surface area contributed by atoms with Crippen molar-refractivity contribution in [3.8, 4) is 0 Å². The Kier molecular flexibility index (Phi) is 4.28. The molecule has 0 amide bonds. The summed E-state index contributed by atoms with van der Waals surface area (Å²) >= 11 is 0. The lowest BCUT2D eigenvalue weighted by molar-refractivity contribution is -0.445. The van der Waals surface area contributed by atoms with Crippen LogP contribution in [0.15, 0.2) is 0 Å². The molecule has 1 rings (SSSR count). The minimum atomic E-state index is -1.00. The van der Waals surface area contributed by atoms with Gasteiger partial charge in [0.1, 0.15) is 12.2 Å². The Labute approximate surface area is 96.2 Å². The van der Waals surface area contributed by atoms with Crippen LogP contribution >= 0.6 is 0 Å². The van der Waals surface area contributed by atoms with Crippen molar-refractivity contribution in [2.45, 2.75) is 37.6 Å². The van der Waals surface area contributed by atoms with Crippen LogP contribution in [0.25, 0.3) is 0 Å². The molecular formula is C10H22N2O4. The molecule has 0 aliphatic carbocycles. The van der Waals surface area contributed by atoms with Crippen LogP contribution in [-0.4, -0.2) is 51.1 Å². The van der Waals surface area contributed by atoms with Crippen molar-refractivity contribution in [3.63, 3.8) is 0 Å². The lowest BCUT2D eigenvalue weighted by atomic mass is 10.0. The first-order valence-electron chi connectivity index (χ1n) is 5.32. The van der Waals surface area contributed by atoms with Gasteiger partial charge in [0.05, 0.1) is 0 Å². The fraction of sp³-hybridized carbons (Fsp3) is 1.00. The molecule has 6 nitrogen and oxygen atoms in total. The summed E-state index contributed by atoms with van der Waals surface area (Å²) in [6.07, 6.45) is -0.587. The number of hydrogen-bond donors (Lipinski definition) is 2. The first kappa shape index (κ1) is 13.8. The van der Waals surface area contributed by atoms with Gasteiger partial charge < -0.3 is 30.4 Å². The number of hydrogen-bond acceptors (Lipinski definition) is 6. The Bertz CT molecular complexity index is 217. The van der Waals surface area contributed by atoms with Gasteiger partial charge in [-0.25, -0.2) is 0 Å². The van der Waals surface area contributed by atoms with Gasteiger partial charge in [-0.1, -0.05) is 0 Å². The minimum absolute atomic E-state index is 0.293. The van der Waals surface area contributed by atoms with Gasteiger partial charge in [-0.05, 0) is 13.8 Å². The Balaban J connectivity index is 2.94. The van der Waals surface area contributed by atoms with E-state index in [0.717, 1.165) is 0 Å². The Morgan fingerprint density at radius 1 is 0.938 bits per heavy atom. The molecule has 0 aromatic rings. The molecule has 0 radical (unpaired) electrons. The molecule has 1 heterocycles. The highest BCUT2D eigenvalue weighted by atomic mass is 16.8. The van der Waals surface area contributed by atoms with E-state index in [1.165, 1.54) is 14.2 Å². The molecule has 0 aromatic carbocycles. The van der Waals surface area contributed by atoms with Crippen LogP contribution < -0.4 is 11.5 Å². The molecule has 96 valence electrons.